The number of hydrogen-bond acceptors (Lipinski definition) is 5. The minimum atomic E-state index is -0.913. The second-order valence-corrected chi connectivity index (χ2v) is 10.9. The van der Waals surface area contributed by atoms with Crippen molar-refractivity contribution >= 4 is 28.1 Å². The minimum absolute atomic E-state index is 0.292. The second kappa shape index (κ2) is 12.3. The zero-order valence-electron chi connectivity index (χ0n) is 21.8. The van der Waals surface area contributed by atoms with Crippen LogP contribution in [0.2, 0.25) is 0 Å². The van der Waals surface area contributed by atoms with Crippen molar-refractivity contribution < 1.29 is 14.6 Å². The van der Waals surface area contributed by atoms with Gasteiger partial charge in [0, 0.05) is 23.2 Å². The molecule has 0 unspecified atom stereocenters. The van der Waals surface area contributed by atoms with Crippen LogP contribution in [0.25, 0.3) is 11.3 Å². The van der Waals surface area contributed by atoms with Crippen LogP contribution in [0.15, 0.2) is 78.2 Å². The molecule has 1 heterocycles. The van der Waals surface area contributed by atoms with E-state index in [0.29, 0.717) is 12.2 Å². The van der Waals surface area contributed by atoms with Gasteiger partial charge in [-0.05, 0) is 61.2 Å². The Morgan fingerprint density at radius 1 is 1.03 bits per heavy atom. The first kappa shape index (κ1) is 26.0. The first-order chi connectivity index (χ1) is 18.6. The van der Waals surface area contributed by atoms with Crippen LogP contribution in [-0.4, -0.2) is 22.6 Å². The topological polar surface area (TPSA) is 62.7 Å². The zero-order chi connectivity index (χ0) is 26.3. The fraction of sp³-hybridized carbons (Fsp3) is 0.312. The summed E-state index contributed by atoms with van der Waals surface area (Å²) < 4.78 is 6.24. The number of ether oxygens (including phenoxy) is 1. The summed E-state index contributed by atoms with van der Waals surface area (Å²) in [5.41, 5.74) is 5.41. The molecular formula is C32H34N2O3S. The number of thiazole rings is 1. The molecule has 1 aliphatic rings. The van der Waals surface area contributed by atoms with Gasteiger partial charge >= 0.3 is 5.97 Å². The number of rotatable bonds is 10. The van der Waals surface area contributed by atoms with Gasteiger partial charge in [0.2, 0.25) is 0 Å². The maximum absolute atomic E-state index is 11.4. The van der Waals surface area contributed by atoms with E-state index < -0.39 is 5.97 Å². The van der Waals surface area contributed by atoms with E-state index in [1.54, 1.807) is 23.5 Å². The van der Waals surface area contributed by atoms with Crippen LogP contribution >= 0.6 is 11.3 Å². The van der Waals surface area contributed by atoms with Crippen molar-refractivity contribution in [1.29, 1.82) is 0 Å². The van der Waals surface area contributed by atoms with Crippen molar-refractivity contribution in [2.45, 2.75) is 52.1 Å². The molecule has 5 rings (SSSR count). The van der Waals surface area contributed by atoms with Crippen LogP contribution in [-0.2, 0) is 6.61 Å². The monoisotopic (exact) mass is 526 g/mol. The van der Waals surface area contributed by atoms with Gasteiger partial charge < -0.3 is 14.7 Å². The molecule has 0 saturated heterocycles. The van der Waals surface area contributed by atoms with E-state index in [-0.39, 0.29) is 0 Å². The maximum Gasteiger partial charge on any atom is 0.335 e. The molecule has 0 atom stereocenters. The molecule has 1 fully saturated rings. The van der Waals surface area contributed by atoms with E-state index in [0.717, 1.165) is 57.8 Å². The van der Waals surface area contributed by atoms with Crippen molar-refractivity contribution in [2.75, 3.05) is 11.4 Å². The number of benzene rings is 3. The van der Waals surface area contributed by atoms with Crippen molar-refractivity contribution in [3.05, 3.63) is 94.9 Å². The molecule has 0 bridgehead atoms. The van der Waals surface area contributed by atoms with Gasteiger partial charge in [-0.3, -0.25) is 0 Å². The van der Waals surface area contributed by atoms with Gasteiger partial charge in [0.15, 0.2) is 5.13 Å². The van der Waals surface area contributed by atoms with Crippen molar-refractivity contribution in [1.82, 2.24) is 4.98 Å². The second-order valence-electron chi connectivity index (χ2n) is 10.1. The first-order valence-electron chi connectivity index (χ1n) is 13.4. The van der Waals surface area contributed by atoms with Crippen molar-refractivity contribution in [2.24, 2.45) is 5.92 Å². The molecule has 5 nitrogen and oxygen atoms in total. The van der Waals surface area contributed by atoms with E-state index in [1.807, 2.05) is 36.4 Å². The Labute approximate surface area is 228 Å². The molecule has 1 aromatic heterocycles. The van der Waals surface area contributed by atoms with Gasteiger partial charge in [-0.15, -0.1) is 11.3 Å². The number of aromatic nitrogens is 1. The lowest BCUT2D eigenvalue weighted by Gasteiger charge is -2.27. The lowest BCUT2D eigenvalue weighted by molar-refractivity contribution is 0.0697. The van der Waals surface area contributed by atoms with E-state index in [4.69, 9.17) is 9.72 Å². The third-order valence-electron chi connectivity index (χ3n) is 7.28. The number of aryl methyl sites for hydroxylation is 1. The highest BCUT2D eigenvalue weighted by atomic mass is 32.1. The van der Waals surface area contributed by atoms with Gasteiger partial charge in [-0.1, -0.05) is 74.1 Å². The number of nitrogens with zero attached hydrogens (tertiary/aromatic N) is 2. The summed E-state index contributed by atoms with van der Waals surface area (Å²) in [6.07, 6.45) is 7.67. The smallest absolute Gasteiger partial charge is 0.335 e. The lowest BCUT2D eigenvalue weighted by Crippen LogP contribution is -2.22. The molecule has 196 valence electrons. The van der Waals surface area contributed by atoms with Crippen LogP contribution in [0.3, 0.4) is 0 Å². The van der Waals surface area contributed by atoms with Crippen molar-refractivity contribution in [3.8, 4) is 17.0 Å². The molecule has 0 spiro atoms. The zero-order valence-corrected chi connectivity index (χ0v) is 22.6. The lowest BCUT2D eigenvalue weighted by atomic mass is 9.87. The molecule has 4 aromatic rings. The molecule has 1 N–H and O–H groups in total. The summed E-state index contributed by atoms with van der Waals surface area (Å²) in [6, 6.07) is 23.5. The van der Waals surface area contributed by atoms with E-state index in [1.165, 1.54) is 32.1 Å². The normalized spacial score (nSPS) is 13.8. The standard InChI is InChI=1S/C32H34N2O3S/c1-23-12-17-30(37-21-25-10-6-3-7-11-25)28(20-23)29-22-38-32(33-29)34(19-18-24-8-4-2-5-9-24)27-15-13-26(14-16-27)31(35)36/h3,6-7,10-17,20,22,24H,2,4-5,8-9,18-19,21H2,1H3,(H,35,36). The summed E-state index contributed by atoms with van der Waals surface area (Å²) >= 11 is 1.62. The number of carboxylic acid groups (broad SMARTS) is 1. The van der Waals surface area contributed by atoms with E-state index >= 15 is 0 Å². The largest absolute Gasteiger partial charge is 0.488 e. The predicted octanol–water partition coefficient (Wildman–Crippen LogP) is 8.50. The summed E-state index contributed by atoms with van der Waals surface area (Å²) in [6.45, 7) is 3.44. The molecule has 0 amide bonds. The summed E-state index contributed by atoms with van der Waals surface area (Å²) in [7, 11) is 0. The third-order valence-corrected chi connectivity index (χ3v) is 8.15. The number of hydrogen-bond donors (Lipinski definition) is 1. The molecular weight excluding hydrogens is 492 g/mol. The van der Waals surface area contributed by atoms with Gasteiger partial charge in [0.25, 0.3) is 0 Å². The fourth-order valence-electron chi connectivity index (χ4n) is 5.12. The number of carboxylic acids is 1. The molecule has 38 heavy (non-hydrogen) atoms. The number of anilines is 2. The molecule has 1 saturated carbocycles. The number of carbonyl (C=O) groups is 1. The highest BCUT2D eigenvalue weighted by Gasteiger charge is 2.20. The Morgan fingerprint density at radius 3 is 2.53 bits per heavy atom. The quantitative estimate of drug-likeness (QED) is 0.224. The molecule has 0 aliphatic heterocycles. The molecule has 6 heteroatoms. The van der Waals surface area contributed by atoms with Crippen LogP contribution < -0.4 is 9.64 Å². The fourth-order valence-corrected chi connectivity index (χ4v) is 6.00. The summed E-state index contributed by atoms with van der Waals surface area (Å²) in [4.78, 5) is 18.7. The highest BCUT2D eigenvalue weighted by molar-refractivity contribution is 7.14. The van der Waals surface area contributed by atoms with Gasteiger partial charge in [0.05, 0.1) is 11.3 Å². The van der Waals surface area contributed by atoms with Gasteiger partial charge in [-0.25, -0.2) is 9.78 Å². The average Bonchev–Trinajstić information content (AvgIpc) is 3.44. The Kier molecular flexibility index (Phi) is 8.39. The van der Waals surface area contributed by atoms with E-state index in [2.05, 4.69) is 41.5 Å². The Morgan fingerprint density at radius 2 is 1.79 bits per heavy atom. The summed E-state index contributed by atoms with van der Waals surface area (Å²) in [5.74, 6) is 0.638. The van der Waals surface area contributed by atoms with Crippen LogP contribution in [0.5, 0.6) is 5.75 Å². The summed E-state index contributed by atoms with van der Waals surface area (Å²) in [5, 5.41) is 12.4. The predicted molar refractivity (Wildman–Crippen MR) is 155 cm³/mol. The molecule has 0 radical (unpaired) electrons. The minimum Gasteiger partial charge on any atom is -0.488 e. The maximum atomic E-state index is 11.4. The SMILES string of the molecule is Cc1ccc(OCc2ccccc2)c(-c2csc(N(CCC3CCCCC3)c3ccc(C(=O)O)cc3)n2)c1. The Balaban J connectivity index is 1.41. The first-order valence-corrected chi connectivity index (χ1v) is 14.3. The van der Waals surface area contributed by atoms with Gasteiger partial charge in [-0.2, -0.15) is 0 Å². The van der Waals surface area contributed by atoms with Crippen molar-refractivity contribution in [3.63, 3.8) is 0 Å². The number of aromatic carboxylic acids is 1. The van der Waals surface area contributed by atoms with Crippen LogP contribution in [0.4, 0.5) is 10.8 Å². The highest BCUT2D eigenvalue weighted by Crippen LogP contribution is 2.37. The molecule has 3 aromatic carbocycles. The van der Waals surface area contributed by atoms with Crippen LogP contribution in [0.1, 0.15) is 60.0 Å². The van der Waals surface area contributed by atoms with Crippen LogP contribution in [0, 0.1) is 12.8 Å². The Bertz CT molecular complexity index is 1340. The Hall–Kier alpha value is -3.64. The third kappa shape index (κ3) is 6.43. The van der Waals surface area contributed by atoms with Gasteiger partial charge in [0.1, 0.15) is 12.4 Å². The van der Waals surface area contributed by atoms with E-state index in [9.17, 15) is 9.90 Å². The average molecular weight is 527 g/mol. The molecule has 1 aliphatic carbocycles.